The SMILES string of the molecule is O=C(Nc1ccccc1C(=O)O)c1ccc(N2C(=O)c3ccc(C(=O)Nc4ccccc4C(=O)O)cc3C2=O)cc1. The number of rotatable bonds is 7. The molecule has 41 heavy (non-hydrogen) atoms. The third-order valence-electron chi connectivity index (χ3n) is 6.35. The van der Waals surface area contributed by atoms with Gasteiger partial charge in [-0.3, -0.25) is 19.2 Å². The van der Waals surface area contributed by atoms with Crippen molar-refractivity contribution in [3.05, 3.63) is 124 Å². The maximum absolute atomic E-state index is 13.2. The summed E-state index contributed by atoms with van der Waals surface area (Å²) in [5.74, 6) is -4.99. The van der Waals surface area contributed by atoms with Crippen LogP contribution in [0.1, 0.15) is 62.1 Å². The summed E-state index contributed by atoms with van der Waals surface area (Å²) >= 11 is 0. The number of carboxylic acids is 2. The molecular formula is C30H19N3O8. The van der Waals surface area contributed by atoms with E-state index in [9.17, 15) is 39.0 Å². The molecule has 0 spiro atoms. The van der Waals surface area contributed by atoms with Crippen molar-refractivity contribution < 1.29 is 39.0 Å². The Labute approximate surface area is 231 Å². The van der Waals surface area contributed by atoms with Crippen LogP contribution in [-0.4, -0.2) is 45.8 Å². The van der Waals surface area contributed by atoms with Gasteiger partial charge < -0.3 is 20.8 Å². The molecule has 1 aliphatic rings. The van der Waals surface area contributed by atoms with Gasteiger partial charge in [-0.2, -0.15) is 0 Å². The molecular weight excluding hydrogens is 530 g/mol. The van der Waals surface area contributed by atoms with Crippen LogP contribution >= 0.6 is 0 Å². The number of benzene rings is 4. The summed E-state index contributed by atoms with van der Waals surface area (Å²) in [6, 6.07) is 21.3. The second-order valence-electron chi connectivity index (χ2n) is 8.86. The van der Waals surface area contributed by atoms with Gasteiger partial charge >= 0.3 is 11.9 Å². The first-order valence-electron chi connectivity index (χ1n) is 12.1. The predicted molar refractivity (Wildman–Crippen MR) is 147 cm³/mol. The first kappa shape index (κ1) is 26.5. The number of nitrogens with one attached hydrogen (secondary N) is 2. The van der Waals surface area contributed by atoms with E-state index in [0.29, 0.717) is 0 Å². The number of hydrogen-bond donors (Lipinski definition) is 4. The number of amides is 4. The Morgan fingerprint density at radius 3 is 1.56 bits per heavy atom. The minimum atomic E-state index is -1.22. The lowest BCUT2D eigenvalue weighted by atomic mass is 10.0. The topological polar surface area (TPSA) is 170 Å². The van der Waals surface area contributed by atoms with E-state index in [1.54, 1.807) is 12.1 Å². The van der Waals surface area contributed by atoms with Crippen LogP contribution in [0.15, 0.2) is 91.0 Å². The van der Waals surface area contributed by atoms with E-state index >= 15 is 0 Å². The van der Waals surface area contributed by atoms with E-state index < -0.39 is 35.6 Å². The van der Waals surface area contributed by atoms with Crippen LogP contribution < -0.4 is 15.5 Å². The smallest absolute Gasteiger partial charge is 0.337 e. The van der Waals surface area contributed by atoms with Gasteiger partial charge in [0.05, 0.1) is 39.3 Å². The number of imide groups is 1. The van der Waals surface area contributed by atoms with Gasteiger partial charge in [0.25, 0.3) is 23.6 Å². The highest BCUT2D eigenvalue weighted by Crippen LogP contribution is 2.30. The Balaban J connectivity index is 1.34. The number of anilines is 3. The number of carboxylic acid groups (broad SMARTS) is 2. The first-order valence-corrected chi connectivity index (χ1v) is 12.1. The maximum Gasteiger partial charge on any atom is 0.337 e. The molecule has 5 rings (SSSR count). The molecule has 0 unspecified atom stereocenters. The molecule has 202 valence electrons. The third kappa shape index (κ3) is 5.02. The molecule has 0 radical (unpaired) electrons. The lowest BCUT2D eigenvalue weighted by molar-refractivity contribution is 0.0687. The van der Waals surface area contributed by atoms with Gasteiger partial charge in [-0.05, 0) is 66.7 Å². The van der Waals surface area contributed by atoms with Crippen molar-refractivity contribution in [2.75, 3.05) is 15.5 Å². The van der Waals surface area contributed by atoms with Crippen LogP contribution in [0.5, 0.6) is 0 Å². The molecule has 11 heteroatoms. The molecule has 1 aliphatic heterocycles. The molecule has 4 N–H and O–H groups in total. The van der Waals surface area contributed by atoms with Crippen molar-refractivity contribution in [2.45, 2.75) is 0 Å². The summed E-state index contributed by atoms with van der Waals surface area (Å²) in [7, 11) is 0. The molecule has 1 heterocycles. The van der Waals surface area contributed by atoms with Crippen LogP contribution in [0.25, 0.3) is 0 Å². The number of fused-ring (bicyclic) bond motifs is 1. The summed E-state index contributed by atoms with van der Waals surface area (Å²) < 4.78 is 0. The number of nitrogens with zero attached hydrogens (tertiary/aromatic N) is 1. The van der Waals surface area contributed by atoms with E-state index in [-0.39, 0.29) is 50.4 Å². The molecule has 0 aliphatic carbocycles. The summed E-state index contributed by atoms with van der Waals surface area (Å²) in [6.45, 7) is 0. The maximum atomic E-state index is 13.2. The monoisotopic (exact) mass is 549 g/mol. The number of hydrogen-bond acceptors (Lipinski definition) is 6. The summed E-state index contributed by atoms with van der Waals surface area (Å²) in [5.41, 5.74) is 0.439. The molecule has 4 amide bonds. The van der Waals surface area contributed by atoms with E-state index in [4.69, 9.17) is 0 Å². The van der Waals surface area contributed by atoms with Gasteiger partial charge in [0.15, 0.2) is 0 Å². The van der Waals surface area contributed by atoms with Gasteiger partial charge in [0, 0.05) is 11.1 Å². The van der Waals surface area contributed by atoms with Gasteiger partial charge in [-0.15, -0.1) is 0 Å². The average Bonchev–Trinajstić information content (AvgIpc) is 3.22. The summed E-state index contributed by atoms with van der Waals surface area (Å²) in [6.07, 6.45) is 0. The Hall–Kier alpha value is -6.10. The lowest BCUT2D eigenvalue weighted by Crippen LogP contribution is -2.29. The number of carbonyl (C=O) groups is 6. The lowest BCUT2D eigenvalue weighted by Gasteiger charge is -2.14. The van der Waals surface area contributed by atoms with Crippen LogP contribution in [0, 0.1) is 0 Å². The highest BCUT2D eigenvalue weighted by atomic mass is 16.4. The Morgan fingerprint density at radius 1 is 0.561 bits per heavy atom. The van der Waals surface area contributed by atoms with Crippen molar-refractivity contribution in [1.29, 1.82) is 0 Å². The van der Waals surface area contributed by atoms with Crippen LogP contribution in [0.4, 0.5) is 17.1 Å². The minimum absolute atomic E-state index is 0.0127. The summed E-state index contributed by atoms with van der Waals surface area (Å²) in [4.78, 5) is 75.6. The first-order chi connectivity index (χ1) is 19.7. The number of carbonyl (C=O) groups excluding carboxylic acids is 4. The molecule has 0 bridgehead atoms. The van der Waals surface area contributed by atoms with Gasteiger partial charge in [0.2, 0.25) is 0 Å². The Kier molecular flexibility index (Phi) is 6.84. The second kappa shape index (κ2) is 10.6. The predicted octanol–water partition coefficient (Wildman–Crippen LogP) is 4.39. The highest BCUT2D eigenvalue weighted by molar-refractivity contribution is 6.35. The van der Waals surface area contributed by atoms with E-state index in [1.165, 1.54) is 78.9 Å². The van der Waals surface area contributed by atoms with Crippen molar-refractivity contribution in [1.82, 2.24) is 0 Å². The zero-order valence-corrected chi connectivity index (χ0v) is 21.0. The minimum Gasteiger partial charge on any atom is -0.478 e. The van der Waals surface area contributed by atoms with Crippen molar-refractivity contribution in [3.63, 3.8) is 0 Å². The van der Waals surface area contributed by atoms with Gasteiger partial charge in [-0.1, -0.05) is 24.3 Å². The third-order valence-corrected chi connectivity index (χ3v) is 6.35. The molecule has 4 aromatic rings. The van der Waals surface area contributed by atoms with Crippen LogP contribution in [0.2, 0.25) is 0 Å². The summed E-state index contributed by atoms with van der Waals surface area (Å²) in [5, 5.41) is 23.7. The largest absolute Gasteiger partial charge is 0.478 e. The van der Waals surface area contributed by atoms with E-state index in [2.05, 4.69) is 10.6 Å². The number of aromatic carboxylic acids is 2. The Bertz CT molecular complexity index is 1780. The zero-order chi connectivity index (χ0) is 29.3. The zero-order valence-electron chi connectivity index (χ0n) is 21.0. The average molecular weight is 549 g/mol. The molecule has 0 fully saturated rings. The fourth-order valence-electron chi connectivity index (χ4n) is 4.32. The second-order valence-corrected chi connectivity index (χ2v) is 8.86. The molecule has 0 atom stereocenters. The fraction of sp³-hybridized carbons (Fsp3) is 0. The van der Waals surface area contributed by atoms with Gasteiger partial charge in [-0.25, -0.2) is 14.5 Å². The van der Waals surface area contributed by atoms with Crippen molar-refractivity contribution >= 4 is 52.6 Å². The standard InChI is InChI=1S/C30H19N3O8/c34-25(31-23-7-3-1-5-20(23)29(38)39)16-9-12-18(13-10-16)33-27(36)19-14-11-17(15-22(19)28(33)37)26(35)32-24-8-4-2-6-21(24)30(40)41/h1-15H,(H,31,34)(H,32,35)(H,38,39)(H,40,41). The molecule has 0 saturated carbocycles. The molecule has 4 aromatic carbocycles. The quantitative estimate of drug-likeness (QED) is 0.246. The Morgan fingerprint density at radius 2 is 1.02 bits per heavy atom. The molecule has 0 aromatic heterocycles. The highest BCUT2D eigenvalue weighted by Gasteiger charge is 2.37. The number of para-hydroxylation sites is 2. The normalized spacial score (nSPS) is 12.0. The molecule has 0 saturated heterocycles. The molecule has 11 nitrogen and oxygen atoms in total. The van der Waals surface area contributed by atoms with Crippen LogP contribution in [0.3, 0.4) is 0 Å². The van der Waals surface area contributed by atoms with Crippen LogP contribution in [-0.2, 0) is 0 Å². The van der Waals surface area contributed by atoms with Gasteiger partial charge in [0.1, 0.15) is 0 Å². The van der Waals surface area contributed by atoms with Crippen molar-refractivity contribution in [2.24, 2.45) is 0 Å². The fourth-order valence-corrected chi connectivity index (χ4v) is 4.32. The van der Waals surface area contributed by atoms with Crippen molar-refractivity contribution in [3.8, 4) is 0 Å². The van der Waals surface area contributed by atoms with E-state index in [0.717, 1.165) is 4.90 Å². The van der Waals surface area contributed by atoms with E-state index in [1.807, 2.05) is 0 Å².